The van der Waals surface area contributed by atoms with Crippen molar-refractivity contribution in [3.8, 4) is 0 Å². The molecule has 5 heteroatoms. The molecule has 0 radical (unpaired) electrons. The van der Waals surface area contributed by atoms with Crippen molar-refractivity contribution in [2.24, 2.45) is 0 Å². The second-order valence-corrected chi connectivity index (χ2v) is 4.74. The summed E-state index contributed by atoms with van der Waals surface area (Å²) >= 11 is 2.01. The minimum Gasteiger partial charge on any atom is -0.382 e. The first-order valence-corrected chi connectivity index (χ1v) is 6.07. The van der Waals surface area contributed by atoms with Crippen molar-refractivity contribution in [2.75, 3.05) is 35.2 Å². The summed E-state index contributed by atoms with van der Waals surface area (Å²) in [5.74, 6) is 4.96. The summed E-state index contributed by atoms with van der Waals surface area (Å²) in [5, 5.41) is 0. The molecule has 1 aromatic heterocycles. The lowest BCUT2D eigenvalue weighted by Crippen LogP contribution is -2.26. The third-order valence-electron chi connectivity index (χ3n) is 2.35. The minimum atomic E-state index is 0.703. The monoisotopic (exact) mass is 212 g/mol. The summed E-state index contributed by atoms with van der Waals surface area (Å²) in [6.45, 7) is 4.06. The van der Waals surface area contributed by atoms with Gasteiger partial charge in [-0.25, -0.2) is 4.98 Å². The highest BCUT2D eigenvalue weighted by atomic mass is 32.2. The highest BCUT2D eigenvalue weighted by molar-refractivity contribution is 7.99. The summed E-state index contributed by atoms with van der Waals surface area (Å²) in [6, 6.07) is 0. The molecule has 0 atom stereocenters. The molecular formula is C9H16N4S. The number of nitrogen functional groups attached to an aromatic ring is 1. The summed E-state index contributed by atoms with van der Waals surface area (Å²) in [6.07, 6.45) is 1.22. The van der Waals surface area contributed by atoms with Crippen molar-refractivity contribution in [3.05, 3.63) is 5.82 Å². The van der Waals surface area contributed by atoms with Crippen LogP contribution in [0.5, 0.6) is 0 Å². The summed E-state index contributed by atoms with van der Waals surface area (Å²) in [5.41, 5.74) is 5.86. The van der Waals surface area contributed by atoms with Crippen LogP contribution in [0.15, 0.2) is 0 Å². The predicted molar refractivity (Wildman–Crippen MR) is 61.9 cm³/mol. The van der Waals surface area contributed by atoms with E-state index in [0.29, 0.717) is 5.82 Å². The van der Waals surface area contributed by atoms with Gasteiger partial charge in [-0.1, -0.05) is 0 Å². The SMILES string of the molecule is Cc1nc(N2CCCSCC2)c(N)[nH]1. The Bertz CT molecular complexity index is 302. The van der Waals surface area contributed by atoms with Gasteiger partial charge in [-0.3, -0.25) is 0 Å². The van der Waals surface area contributed by atoms with Gasteiger partial charge in [0.2, 0.25) is 0 Å². The number of nitrogens with one attached hydrogen (secondary N) is 1. The van der Waals surface area contributed by atoms with Crippen LogP contribution >= 0.6 is 11.8 Å². The lowest BCUT2D eigenvalue weighted by Gasteiger charge is -2.19. The van der Waals surface area contributed by atoms with Gasteiger partial charge in [-0.2, -0.15) is 11.8 Å². The van der Waals surface area contributed by atoms with E-state index in [0.717, 1.165) is 24.7 Å². The average molecular weight is 212 g/mol. The zero-order valence-electron chi connectivity index (χ0n) is 8.42. The number of nitrogens with zero attached hydrogens (tertiary/aromatic N) is 2. The second kappa shape index (κ2) is 4.13. The standard InChI is InChI=1S/C9H16N4S/c1-7-11-8(10)9(12-7)13-3-2-5-14-6-4-13/h2-6,10H2,1H3,(H,11,12). The Hall–Kier alpha value is -0.840. The Kier molecular flexibility index (Phi) is 2.86. The maximum atomic E-state index is 5.86. The summed E-state index contributed by atoms with van der Waals surface area (Å²) < 4.78 is 0. The molecule has 1 aliphatic heterocycles. The number of hydrogen-bond acceptors (Lipinski definition) is 4. The van der Waals surface area contributed by atoms with Gasteiger partial charge in [0.15, 0.2) is 5.82 Å². The van der Waals surface area contributed by atoms with Gasteiger partial charge in [0, 0.05) is 18.8 Å². The Morgan fingerprint density at radius 3 is 3.00 bits per heavy atom. The van der Waals surface area contributed by atoms with Crippen LogP contribution in [0.3, 0.4) is 0 Å². The van der Waals surface area contributed by atoms with Crippen molar-refractivity contribution < 1.29 is 0 Å². The first-order valence-electron chi connectivity index (χ1n) is 4.92. The molecule has 4 nitrogen and oxygen atoms in total. The second-order valence-electron chi connectivity index (χ2n) is 3.51. The van der Waals surface area contributed by atoms with Crippen LogP contribution in [-0.2, 0) is 0 Å². The molecule has 2 heterocycles. The fourth-order valence-corrected chi connectivity index (χ4v) is 2.58. The van der Waals surface area contributed by atoms with E-state index in [9.17, 15) is 0 Å². The van der Waals surface area contributed by atoms with Gasteiger partial charge < -0.3 is 15.6 Å². The molecule has 0 saturated carbocycles. The van der Waals surface area contributed by atoms with Crippen LogP contribution < -0.4 is 10.6 Å². The van der Waals surface area contributed by atoms with E-state index in [2.05, 4.69) is 14.9 Å². The van der Waals surface area contributed by atoms with E-state index >= 15 is 0 Å². The number of thioether (sulfide) groups is 1. The molecule has 0 spiro atoms. The maximum Gasteiger partial charge on any atom is 0.171 e. The molecule has 78 valence electrons. The van der Waals surface area contributed by atoms with Crippen LogP contribution in [0.4, 0.5) is 11.6 Å². The van der Waals surface area contributed by atoms with Gasteiger partial charge in [-0.15, -0.1) is 0 Å². The van der Waals surface area contributed by atoms with Crippen molar-refractivity contribution >= 4 is 23.4 Å². The average Bonchev–Trinajstić information content (AvgIpc) is 2.43. The topological polar surface area (TPSA) is 57.9 Å². The van der Waals surface area contributed by atoms with Gasteiger partial charge in [0.25, 0.3) is 0 Å². The van der Waals surface area contributed by atoms with E-state index in [1.165, 1.54) is 17.9 Å². The lowest BCUT2D eigenvalue weighted by molar-refractivity contribution is 0.805. The zero-order chi connectivity index (χ0) is 9.97. The molecule has 0 amide bonds. The number of aryl methyl sites for hydroxylation is 1. The Labute approximate surface area is 88.3 Å². The first kappa shape index (κ1) is 9.71. The molecule has 0 unspecified atom stereocenters. The van der Waals surface area contributed by atoms with Gasteiger partial charge in [0.05, 0.1) is 0 Å². The fourth-order valence-electron chi connectivity index (χ4n) is 1.70. The van der Waals surface area contributed by atoms with Gasteiger partial charge >= 0.3 is 0 Å². The Balaban J connectivity index is 2.15. The number of anilines is 2. The highest BCUT2D eigenvalue weighted by Crippen LogP contribution is 2.22. The van der Waals surface area contributed by atoms with Gasteiger partial charge in [-0.05, 0) is 19.1 Å². The van der Waals surface area contributed by atoms with Gasteiger partial charge in [0.1, 0.15) is 11.6 Å². The minimum absolute atomic E-state index is 0.703. The lowest BCUT2D eigenvalue weighted by atomic mass is 10.4. The third-order valence-corrected chi connectivity index (χ3v) is 3.40. The van der Waals surface area contributed by atoms with Crippen molar-refractivity contribution in [2.45, 2.75) is 13.3 Å². The Morgan fingerprint density at radius 2 is 2.29 bits per heavy atom. The van der Waals surface area contributed by atoms with Crippen LogP contribution in [-0.4, -0.2) is 34.6 Å². The molecule has 3 N–H and O–H groups in total. The summed E-state index contributed by atoms with van der Waals surface area (Å²) in [7, 11) is 0. The molecule has 2 rings (SSSR count). The van der Waals surface area contributed by atoms with Crippen LogP contribution in [0.2, 0.25) is 0 Å². The molecule has 0 aliphatic carbocycles. The number of aromatic nitrogens is 2. The molecule has 0 bridgehead atoms. The number of imidazole rings is 1. The van der Waals surface area contributed by atoms with E-state index in [4.69, 9.17) is 5.73 Å². The fraction of sp³-hybridized carbons (Fsp3) is 0.667. The summed E-state index contributed by atoms with van der Waals surface area (Å²) in [4.78, 5) is 9.73. The number of nitrogens with two attached hydrogens (primary N) is 1. The molecule has 1 aromatic rings. The van der Waals surface area contributed by atoms with E-state index in [1.54, 1.807) is 0 Å². The molecule has 14 heavy (non-hydrogen) atoms. The molecule has 0 aromatic carbocycles. The molecule has 1 saturated heterocycles. The largest absolute Gasteiger partial charge is 0.382 e. The predicted octanol–water partition coefficient (Wildman–Crippen LogP) is 1.24. The van der Waals surface area contributed by atoms with Crippen LogP contribution in [0.25, 0.3) is 0 Å². The highest BCUT2D eigenvalue weighted by Gasteiger charge is 2.15. The Morgan fingerprint density at radius 1 is 1.43 bits per heavy atom. The van der Waals surface area contributed by atoms with Crippen molar-refractivity contribution in [3.63, 3.8) is 0 Å². The first-order chi connectivity index (χ1) is 6.77. The quantitative estimate of drug-likeness (QED) is 0.735. The molecule has 1 fully saturated rings. The number of H-pyrrole nitrogens is 1. The zero-order valence-corrected chi connectivity index (χ0v) is 9.23. The third kappa shape index (κ3) is 1.97. The van der Waals surface area contributed by atoms with Crippen molar-refractivity contribution in [1.29, 1.82) is 0 Å². The molecule has 1 aliphatic rings. The number of aromatic amines is 1. The van der Waals surface area contributed by atoms with E-state index in [-0.39, 0.29) is 0 Å². The van der Waals surface area contributed by atoms with Crippen LogP contribution in [0, 0.1) is 6.92 Å². The maximum absolute atomic E-state index is 5.86. The van der Waals surface area contributed by atoms with E-state index < -0.39 is 0 Å². The normalized spacial score (nSPS) is 18.2. The van der Waals surface area contributed by atoms with E-state index in [1.807, 2.05) is 18.7 Å². The number of hydrogen-bond donors (Lipinski definition) is 2. The van der Waals surface area contributed by atoms with Crippen LogP contribution in [0.1, 0.15) is 12.2 Å². The number of rotatable bonds is 1. The smallest absolute Gasteiger partial charge is 0.171 e. The molecular weight excluding hydrogens is 196 g/mol. The van der Waals surface area contributed by atoms with Crippen molar-refractivity contribution in [1.82, 2.24) is 9.97 Å².